The summed E-state index contributed by atoms with van der Waals surface area (Å²) in [5.41, 5.74) is 0. The third-order valence-corrected chi connectivity index (χ3v) is 9.22. The van der Waals surface area contributed by atoms with Crippen LogP contribution in [-0.4, -0.2) is 102 Å². The summed E-state index contributed by atoms with van der Waals surface area (Å²) >= 11 is 0. The zero-order valence-electron chi connectivity index (χ0n) is 32.3. The predicted octanol–water partition coefficient (Wildman–Crippen LogP) is 10.5. The molecule has 0 rings (SSSR count). The number of unbranched alkanes of at least 4 members (excludes halogenated alkanes) is 18. The molecule has 280 valence electrons. The molecule has 0 aliphatic rings. The average molecular weight is 673 g/mol. The minimum Gasteiger partial charge on any atom is -0.434 e. The van der Waals surface area contributed by atoms with Gasteiger partial charge in [-0.25, -0.2) is 9.59 Å². The Labute approximate surface area is 291 Å². The van der Waals surface area contributed by atoms with Gasteiger partial charge in [0, 0.05) is 19.3 Å². The second-order valence-electron chi connectivity index (χ2n) is 15.1. The van der Waals surface area contributed by atoms with Crippen LogP contribution in [0.4, 0.5) is 9.59 Å². The highest BCUT2D eigenvalue weighted by Crippen LogP contribution is 2.12. The van der Waals surface area contributed by atoms with Crippen LogP contribution in [0.3, 0.4) is 0 Å². The van der Waals surface area contributed by atoms with E-state index in [0.29, 0.717) is 26.4 Å². The van der Waals surface area contributed by atoms with Crippen LogP contribution in [0.1, 0.15) is 162 Å². The van der Waals surface area contributed by atoms with E-state index in [0.717, 1.165) is 80.1 Å². The molecule has 0 aromatic carbocycles. The van der Waals surface area contributed by atoms with E-state index in [1.54, 1.807) is 0 Å². The summed E-state index contributed by atoms with van der Waals surface area (Å²) in [5, 5.41) is 0. The van der Waals surface area contributed by atoms with Gasteiger partial charge in [0.1, 0.15) is 13.2 Å². The maximum absolute atomic E-state index is 11.9. The second-order valence-corrected chi connectivity index (χ2v) is 15.1. The zero-order chi connectivity index (χ0) is 34.9. The Kier molecular flexibility index (Phi) is 30.7. The molecule has 0 saturated heterocycles. The van der Waals surface area contributed by atoms with Gasteiger partial charge in [0.2, 0.25) is 0 Å². The van der Waals surface area contributed by atoms with Crippen molar-refractivity contribution in [2.24, 2.45) is 0 Å². The van der Waals surface area contributed by atoms with Gasteiger partial charge in [0.15, 0.2) is 0 Å². The molecule has 0 amide bonds. The molecule has 0 atom stereocenters. The molecule has 0 aromatic rings. The van der Waals surface area contributed by atoms with Crippen LogP contribution >= 0.6 is 0 Å². The van der Waals surface area contributed by atoms with Gasteiger partial charge >= 0.3 is 12.3 Å². The lowest BCUT2D eigenvalue weighted by molar-refractivity contribution is -0.909. The fraction of sp³-hybridized carbons (Fsp3) is 0.949. The van der Waals surface area contributed by atoms with Crippen molar-refractivity contribution in [1.29, 1.82) is 0 Å². The SMILES string of the molecule is CCCCCCCCCCCCOC(=O)OCCC[N+](C)(C)CCC[N+](C)(C)CCCOC(=O)OCCCCCCCCCCCC. The average Bonchev–Trinajstić information content (AvgIpc) is 3.02. The lowest BCUT2D eigenvalue weighted by Crippen LogP contribution is -2.46. The van der Waals surface area contributed by atoms with Gasteiger partial charge in [0.05, 0.1) is 67.6 Å². The molecule has 0 unspecified atom stereocenters. The molecule has 0 saturated carbocycles. The van der Waals surface area contributed by atoms with Gasteiger partial charge in [-0.3, -0.25) is 0 Å². The van der Waals surface area contributed by atoms with E-state index in [1.165, 1.54) is 103 Å². The number of ether oxygens (including phenoxy) is 4. The first kappa shape index (κ1) is 45.5. The molecular weight excluding hydrogens is 592 g/mol. The molecular formula is C39H80N2O6+2. The van der Waals surface area contributed by atoms with Gasteiger partial charge in [-0.15, -0.1) is 0 Å². The van der Waals surface area contributed by atoms with E-state index in [2.05, 4.69) is 42.0 Å². The van der Waals surface area contributed by atoms with Crippen molar-refractivity contribution in [3.8, 4) is 0 Å². The molecule has 0 aliphatic heterocycles. The minimum absolute atomic E-state index is 0.405. The molecule has 0 bridgehead atoms. The molecule has 0 heterocycles. The van der Waals surface area contributed by atoms with Gasteiger partial charge in [-0.2, -0.15) is 0 Å². The minimum atomic E-state index is -0.531. The van der Waals surface area contributed by atoms with Crippen LogP contribution in [0.25, 0.3) is 0 Å². The van der Waals surface area contributed by atoms with Gasteiger partial charge in [-0.1, -0.05) is 129 Å². The molecule has 0 radical (unpaired) electrons. The summed E-state index contributed by atoms with van der Waals surface area (Å²) in [6.07, 6.45) is 27.0. The molecule has 8 heteroatoms. The monoisotopic (exact) mass is 673 g/mol. The number of hydrogen-bond acceptors (Lipinski definition) is 6. The topological polar surface area (TPSA) is 71.1 Å². The van der Waals surface area contributed by atoms with Crippen LogP contribution in [-0.2, 0) is 18.9 Å². The standard InChI is InChI=1S/C39H80N2O6/c1-7-9-11-13-15-17-19-21-23-25-34-44-38(42)46-36-28-32-40(3,4)30-27-31-41(5,6)33-29-37-47-39(43)45-35-26-24-22-20-18-16-14-12-10-8-2/h7-37H2,1-6H3/q+2. The van der Waals surface area contributed by atoms with Gasteiger partial charge in [0.25, 0.3) is 0 Å². The van der Waals surface area contributed by atoms with Crippen LogP contribution < -0.4 is 0 Å². The van der Waals surface area contributed by atoms with Crippen molar-refractivity contribution < 1.29 is 37.5 Å². The Morgan fingerprint density at radius 3 is 0.872 bits per heavy atom. The molecule has 0 fully saturated rings. The largest absolute Gasteiger partial charge is 0.508 e. The Hall–Kier alpha value is -1.54. The van der Waals surface area contributed by atoms with Crippen LogP contribution in [0.2, 0.25) is 0 Å². The van der Waals surface area contributed by atoms with Crippen molar-refractivity contribution >= 4 is 12.3 Å². The summed E-state index contributed by atoms with van der Waals surface area (Å²) in [7, 11) is 8.94. The van der Waals surface area contributed by atoms with Crippen molar-refractivity contribution in [3.63, 3.8) is 0 Å². The van der Waals surface area contributed by atoms with Crippen molar-refractivity contribution in [2.45, 2.75) is 162 Å². The van der Waals surface area contributed by atoms with E-state index in [-0.39, 0.29) is 0 Å². The summed E-state index contributed by atoms with van der Waals surface area (Å²) in [4.78, 5) is 23.8. The number of carbonyl (C=O) groups is 2. The number of quaternary nitrogens is 2. The first-order chi connectivity index (χ1) is 22.6. The molecule has 0 spiro atoms. The van der Waals surface area contributed by atoms with E-state index in [1.807, 2.05) is 0 Å². The van der Waals surface area contributed by atoms with E-state index < -0.39 is 12.3 Å². The highest BCUT2D eigenvalue weighted by Gasteiger charge is 2.20. The number of hydrogen-bond donors (Lipinski definition) is 0. The van der Waals surface area contributed by atoms with Crippen LogP contribution in [0, 0.1) is 0 Å². The Morgan fingerprint density at radius 2 is 0.574 bits per heavy atom. The summed E-state index contributed by atoms with van der Waals surface area (Å²) in [6.45, 7) is 10.3. The first-order valence-electron chi connectivity index (χ1n) is 19.8. The van der Waals surface area contributed by atoms with Crippen LogP contribution in [0.15, 0.2) is 0 Å². The maximum atomic E-state index is 11.9. The lowest BCUT2D eigenvalue weighted by atomic mass is 10.1. The van der Waals surface area contributed by atoms with Gasteiger partial charge in [-0.05, 0) is 12.8 Å². The number of carbonyl (C=O) groups excluding carboxylic acids is 2. The zero-order valence-corrected chi connectivity index (χ0v) is 32.3. The van der Waals surface area contributed by atoms with Crippen molar-refractivity contribution in [1.82, 2.24) is 0 Å². The Balaban J connectivity index is 3.69. The Morgan fingerprint density at radius 1 is 0.340 bits per heavy atom. The third kappa shape index (κ3) is 34.1. The number of rotatable bonds is 34. The normalized spacial score (nSPS) is 11.9. The fourth-order valence-electron chi connectivity index (χ4n) is 6.02. The smallest absolute Gasteiger partial charge is 0.434 e. The summed E-state index contributed by atoms with van der Waals surface area (Å²) < 4.78 is 22.9. The second kappa shape index (κ2) is 31.7. The third-order valence-electron chi connectivity index (χ3n) is 9.22. The lowest BCUT2D eigenvalue weighted by Gasteiger charge is -2.33. The predicted molar refractivity (Wildman–Crippen MR) is 196 cm³/mol. The first-order valence-corrected chi connectivity index (χ1v) is 19.8. The highest BCUT2D eigenvalue weighted by atomic mass is 16.7. The van der Waals surface area contributed by atoms with E-state index >= 15 is 0 Å². The van der Waals surface area contributed by atoms with Crippen molar-refractivity contribution in [3.05, 3.63) is 0 Å². The maximum Gasteiger partial charge on any atom is 0.508 e. The van der Waals surface area contributed by atoms with E-state index in [4.69, 9.17) is 18.9 Å². The summed E-state index contributed by atoms with van der Waals surface area (Å²) in [5.74, 6) is 0. The quantitative estimate of drug-likeness (QED) is 0.0385. The van der Waals surface area contributed by atoms with E-state index in [9.17, 15) is 9.59 Å². The number of nitrogens with zero attached hydrogens (tertiary/aromatic N) is 2. The van der Waals surface area contributed by atoms with Gasteiger partial charge < -0.3 is 27.9 Å². The molecule has 47 heavy (non-hydrogen) atoms. The highest BCUT2D eigenvalue weighted by molar-refractivity contribution is 5.60. The van der Waals surface area contributed by atoms with Crippen molar-refractivity contribution in [2.75, 3.05) is 80.8 Å². The summed E-state index contributed by atoms with van der Waals surface area (Å²) in [6, 6.07) is 0. The molecule has 0 aromatic heterocycles. The molecule has 8 nitrogen and oxygen atoms in total. The van der Waals surface area contributed by atoms with Crippen LogP contribution in [0.5, 0.6) is 0 Å². The molecule has 0 aliphatic carbocycles. The fourth-order valence-corrected chi connectivity index (χ4v) is 6.02. The Bertz CT molecular complexity index is 658. The molecule has 0 N–H and O–H groups in total.